The van der Waals surface area contributed by atoms with E-state index in [1.165, 1.54) is 6.07 Å². The smallest absolute Gasteiger partial charge is 0.716 e. The van der Waals surface area contributed by atoms with Crippen molar-refractivity contribution in [3.63, 3.8) is 0 Å². The van der Waals surface area contributed by atoms with Crippen molar-refractivity contribution in [3.8, 4) is 5.75 Å². The molecular formula is C18H19NaO5S. The number of hydrogen-bond acceptors (Lipinski definition) is 5. The van der Waals surface area contributed by atoms with Crippen molar-refractivity contribution in [1.29, 1.82) is 0 Å². The van der Waals surface area contributed by atoms with Crippen LogP contribution < -0.4 is 33.7 Å². The summed E-state index contributed by atoms with van der Waals surface area (Å²) < 4.78 is 69.5. The van der Waals surface area contributed by atoms with Gasteiger partial charge < -0.3 is 8.74 Å². The first-order valence-corrected chi connectivity index (χ1v) is 9.24. The Labute approximate surface area is 175 Å². The average molecular weight is 374 g/mol. The number of hydrogen-bond donors (Lipinski definition) is 0. The zero-order valence-corrected chi connectivity index (χ0v) is 17.0. The summed E-state index contributed by atoms with van der Waals surface area (Å²) in [6, 6.07) is 0.777. The molecule has 25 heavy (non-hydrogen) atoms. The van der Waals surface area contributed by atoms with Gasteiger partial charge in [0.2, 0.25) is 0 Å². The quantitative estimate of drug-likeness (QED) is 0.414. The zero-order chi connectivity index (χ0) is 20.6. The number of ketones is 1. The number of allylic oxidation sites excluding steroid dienone is 2. The maximum atomic E-state index is 12.6. The van der Waals surface area contributed by atoms with E-state index in [1.807, 2.05) is 6.92 Å². The Hall–Kier alpha value is -0.660. The molecule has 0 spiro atoms. The van der Waals surface area contributed by atoms with Crippen LogP contribution in [-0.4, -0.2) is 18.8 Å². The first-order valence-electron chi connectivity index (χ1n) is 9.91. The zero-order valence-electron chi connectivity index (χ0n) is 18.1. The molecule has 0 bridgehead atoms. The second-order valence-corrected chi connectivity index (χ2v) is 7.79. The Morgan fingerprint density at radius 2 is 2.16 bits per heavy atom. The van der Waals surface area contributed by atoms with Crippen molar-refractivity contribution in [2.75, 3.05) is 0 Å². The molecular weight excluding hydrogens is 351 g/mol. The topological polar surface area (TPSA) is 83.5 Å². The van der Waals surface area contributed by atoms with Gasteiger partial charge in [0.25, 0.3) is 10.4 Å². The van der Waals surface area contributed by atoms with Gasteiger partial charge in [0, 0.05) is 14.5 Å². The van der Waals surface area contributed by atoms with E-state index in [0.29, 0.717) is 36.8 Å². The molecule has 1 saturated carbocycles. The third kappa shape index (κ3) is 3.23. The minimum absolute atomic E-state index is 0. The van der Waals surface area contributed by atoms with Crippen LogP contribution in [0.25, 0.3) is 5.57 Å². The van der Waals surface area contributed by atoms with E-state index in [-0.39, 0.29) is 59.8 Å². The van der Waals surface area contributed by atoms with Crippen LogP contribution in [0.5, 0.6) is 5.75 Å². The Balaban J connectivity index is 0.00000240. The molecule has 7 heteroatoms. The molecule has 0 aliphatic heterocycles. The number of carbonyl (C=O) groups is 1. The van der Waals surface area contributed by atoms with Gasteiger partial charge in [-0.1, -0.05) is 18.6 Å². The van der Waals surface area contributed by atoms with E-state index < -0.39 is 27.9 Å². The predicted octanol–water partition coefficient (Wildman–Crippen LogP) is 0.00860. The Bertz CT molecular complexity index is 1050. The molecule has 0 saturated heterocycles. The molecule has 0 radical (unpaired) electrons. The molecule has 0 aromatic heterocycles. The molecule has 3 aliphatic carbocycles. The van der Waals surface area contributed by atoms with Gasteiger partial charge >= 0.3 is 29.6 Å². The van der Waals surface area contributed by atoms with Crippen LogP contribution in [0.1, 0.15) is 55.6 Å². The van der Waals surface area contributed by atoms with Crippen LogP contribution in [0.3, 0.4) is 0 Å². The van der Waals surface area contributed by atoms with E-state index in [4.69, 9.17) is 5.48 Å². The van der Waals surface area contributed by atoms with Gasteiger partial charge in [-0.15, -0.1) is 0 Å². The second-order valence-electron chi connectivity index (χ2n) is 6.81. The van der Waals surface area contributed by atoms with Crippen molar-refractivity contribution >= 4 is 21.8 Å². The fraction of sp³-hybridized carbons (Fsp3) is 0.500. The monoisotopic (exact) mass is 374 g/mol. The van der Waals surface area contributed by atoms with Gasteiger partial charge in [-0.3, -0.25) is 4.79 Å². The molecule has 0 unspecified atom stereocenters. The van der Waals surface area contributed by atoms with Crippen LogP contribution in [0.4, 0.5) is 0 Å². The summed E-state index contributed by atoms with van der Waals surface area (Å²) in [6.07, 6.45) is 0.195. The number of benzene rings is 1. The van der Waals surface area contributed by atoms with E-state index in [1.54, 1.807) is 0 Å². The molecule has 4 rings (SSSR count). The fourth-order valence-corrected chi connectivity index (χ4v) is 4.60. The van der Waals surface area contributed by atoms with Crippen molar-refractivity contribution in [2.24, 2.45) is 11.3 Å². The Morgan fingerprint density at radius 1 is 1.40 bits per heavy atom. The molecule has 3 aliphatic rings. The SMILES string of the molecule is [2H]c1cc2c(c([2H])c1OS(=O)(=O)[O-])CCC1=C2CC[C@]2(C)C(=O)C([2H])([2H])C[C@@H]12.[Na+]. The summed E-state index contributed by atoms with van der Waals surface area (Å²) >= 11 is 0. The molecule has 0 amide bonds. The minimum atomic E-state index is -5.09. The minimum Gasteiger partial charge on any atom is -0.716 e. The van der Waals surface area contributed by atoms with Gasteiger partial charge in [-0.2, -0.15) is 0 Å². The van der Waals surface area contributed by atoms with Crippen LogP contribution >= 0.6 is 0 Å². The predicted molar refractivity (Wildman–Crippen MR) is 87.1 cm³/mol. The van der Waals surface area contributed by atoms with Crippen LogP contribution in [0.2, 0.25) is 0 Å². The van der Waals surface area contributed by atoms with E-state index in [9.17, 15) is 17.8 Å². The van der Waals surface area contributed by atoms with E-state index in [0.717, 1.165) is 11.1 Å². The standard InChI is InChI=1S/C18H20O5S.Na/c1-18-9-8-14-13-5-3-12(23-24(20,21)22)10-11(13)2-4-15(14)16(18)6-7-17(18)19;/h3,5,10,16H,2,4,6-9H2,1H3,(H,20,21,22);/q;+1/p-1/t16-,18-;/m0./s1/i3D,7D2,10D;. The van der Waals surface area contributed by atoms with Crippen LogP contribution in [0, 0.1) is 11.3 Å². The van der Waals surface area contributed by atoms with Crippen molar-refractivity contribution < 1.29 is 57.0 Å². The third-order valence-electron chi connectivity index (χ3n) is 5.55. The first-order chi connectivity index (χ1) is 12.8. The largest absolute Gasteiger partial charge is 1.00 e. The summed E-state index contributed by atoms with van der Waals surface area (Å²) in [7, 11) is -5.09. The number of fused-ring (bicyclic) bond motifs is 4. The number of carbonyl (C=O) groups excluding carboxylic acids is 1. The molecule has 1 fully saturated rings. The molecule has 1 aromatic rings. The third-order valence-corrected chi connectivity index (χ3v) is 5.92. The van der Waals surface area contributed by atoms with Gasteiger partial charge in [0.1, 0.15) is 11.5 Å². The maximum absolute atomic E-state index is 12.6. The van der Waals surface area contributed by atoms with Gasteiger partial charge in [-0.25, -0.2) is 8.42 Å². The van der Waals surface area contributed by atoms with Crippen molar-refractivity contribution in [1.82, 2.24) is 0 Å². The van der Waals surface area contributed by atoms with Gasteiger partial charge in [0.05, 0.1) is 2.74 Å². The summed E-state index contributed by atoms with van der Waals surface area (Å²) in [5, 5.41) is 0. The number of rotatable bonds is 2. The molecule has 0 heterocycles. The molecule has 0 N–H and O–H groups in total. The number of Topliss-reactive ketones (excluding diaryl/α,β-unsaturated/α-hetero) is 1. The second kappa shape index (κ2) is 6.50. The summed E-state index contributed by atoms with van der Waals surface area (Å²) in [4.78, 5) is 12.6. The fourth-order valence-electron chi connectivity index (χ4n) is 4.30. The summed E-state index contributed by atoms with van der Waals surface area (Å²) in [6.45, 7) is 1.83. The van der Waals surface area contributed by atoms with Gasteiger partial charge in [-0.05, 0) is 66.8 Å². The molecule has 1 aromatic carbocycles. The average Bonchev–Trinajstić information content (AvgIpc) is 2.77. The molecule has 2 atom stereocenters. The van der Waals surface area contributed by atoms with Crippen LogP contribution in [0.15, 0.2) is 23.7 Å². The Kier molecular flexibility index (Phi) is 3.74. The Morgan fingerprint density at radius 3 is 2.88 bits per heavy atom. The van der Waals surface area contributed by atoms with E-state index in [2.05, 4.69) is 4.18 Å². The molecule has 5 nitrogen and oxygen atoms in total. The maximum Gasteiger partial charge on any atom is 1.00 e. The van der Waals surface area contributed by atoms with E-state index >= 15 is 0 Å². The van der Waals surface area contributed by atoms with Crippen molar-refractivity contribution in [2.45, 2.75) is 45.4 Å². The summed E-state index contributed by atoms with van der Waals surface area (Å²) in [5.74, 6) is -1.13. The summed E-state index contributed by atoms with van der Waals surface area (Å²) in [5.41, 5.74) is 2.33. The normalized spacial score (nSPS) is 32.2. The van der Waals surface area contributed by atoms with Gasteiger partial charge in [0.15, 0.2) is 0 Å². The first kappa shape index (κ1) is 14.4. The van der Waals surface area contributed by atoms with Crippen molar-refractivity contribution in [3.05, 3.63) is 34.9 Å². The van der Waals surface area contributed by atoms with Crippen LogP contribution in [-0.2, 0) is 21.6 Å². The molecule has 128 valence electrons.